The molecule has 114 valence electrons. The van der Waals surface area contributed by atoms with Crippen LogP contribution in [0.25, 0.3) is 0 Å². The summed E-state index contributed by atoms with van der Waals surface area (Å²) in [5, 5.41) is 3.79. The Morgan fingerprint density at radius 2 is 1.74 bits per heavy atom. The maximum absolute atomic E-state index is 5.96. The van der Waals surface area contributed by atoms with Crippen LogP contribution >= 0.6 is 0 Å². The summed E-state index contributed by atoms with van der Waals surface area (Å²) in [5.74, 6) is 0.781. The molecule has 19 heavy (non-hydrogen) atoms. The number of nitrogens with one attached hydrogen (secondary N) is 1. The van der Waals surface area contributed by atoms with Crippen LogP contribution < -0.4 is 5.32 Å². The van der Waals surface area contributed by atoms with Gasteiger partial charge in [0.1, 0.15) is 0 Å². The van der Waals surface area contributed by atoms with Gasteiger partial charge in [0.2, 0.25) is 0 Å². The van der Waals surface area contributed by atoms with Crippen LogP contribution in [0, 0.1) is 11.3 Å². The Labute approximate surface area is 120 Å². The van der Waals surface area contributed by atoms with E-state index < -0.39 is 0 Å². The molecule has 0 saturated heterocycles. The van der Waals surface area contributed by atoms with Crippen molar-refractivity contribution < 1.29 is 4.74 Å². The first-order chi connectivity index (χ1) is 9.00. The monoisotopic (exact) mass is 269 g/mol. The molecule has 1 atom stereocenters. The molecule has 2 heteroatoms. The third kappa shape index (κ3) is 5.43. The van der Waals surface area contributed by atoms with E-state index in [1.807, 2.05) is 0 Å². The summed E-state index contributed by atoms with van der Waals surface area (Å²) in [6.45, 7) is 13.2. The van der Waals surface area contributed by atoms with E-state index in [-0.39, 0.29) is 0 Å². The van der Waals surface area contributed by atoms with E-state index in [1.165, 1.54) is 38.5 Å². The second-order valence-corrected chi connectivity index (χ2v) is 7.06. The van der Waals surface area contributed by atoms with Crippen molar-refractivity contribution >= 4 is 0 Å². The Kier molecular flexibility index (Phi) is 7.38. The SMILES string of the molecule is CCCNC(COC(C)C)C1(CC(C)C)CCCC1. The predicted molar refractivity (Wildman–Crippen MR) is 83.5 cm³/mol. The summed E-state index contributed by atoms with van der Waals surface area (Å²) in [7, 11) is 0. The Morgan fingerprint density at radius 3 is 2.21 bits per heavy atom. The molecule has 0 aromatic carbocycles. The minimum absolute atomic E-state index is 0.337. The first kappa shape index (κ1) is 17.0. The molecule has 1 unspecified atom stereocenters. The van der Waals surface area contributed by atoms with Crippen LogP contribution in [0.1, 0.15) is 73.1 Å². The molecule has 1 aliphatic carbocycles. The van der Waals surface area contributed by atoms with Crippen LogP contribution in [-0.4, -0.2) is 25.3 Å². The van der Waals surface area contributed by atoms with Crippen molar-refractivity contribution in [1.82, 2.24) is 5.32 Å². The molecule has 1 saturated carbocycles. The predicted octanol–water partition coefficient (Wildman–Crippen LogP) is 4.39. The van der Waals surface area contributed by atoms with E-state index in [4.69, 9.17) is 4.74 Å². The van der Waals surface area contributed by atoms with Gasteiger partial charge >= 0.3 is 0 Å². The Balaban J connectivity index is 2.71. The van der Waals surface area contributed by atoms with E-state index in [0.717, 1.165) is 19.1 Å². The highest BCUT2D eigenvalue weighted by Crippen LogP contribution is 2.46. The molecule has 0 radical (unpaired) electrons. The van der Waals surface area contributed by atoms with Gasteiger partial charge in [0, 0.05) is 6.04 Å². The molecule has 1 N–H and O–H groups in total. The van der Waals surface area contributed by atoms with Crippen molar-refractivity contribution in [2.45, 2.75) is 85.3 Å². The minimum atomic E-state index is 0.337. The summed E-state index contributed by atoms with van der Waals surface area (Å²) in [6, 6.07) is 0.541. The van der Waals surface area contributed by atoms with Crippen molar-refractivity contribution in [3.8, 4) is 0 Å². The topological polar surface area (TPSA) is 21.3 Å². The molecule has 0 aromatic rings. The third-order valence-corrected chi connectivity index (χ3v) is 4.39. The summed E-state index contributed by atoms with van der Waals surface area (Å²) in [5.41, 5.74) is 0.484. The average Bonchev–Trinajstić information content (AvgIpc) is 2.77. The second-order valence-electron chi connectivity index (χ2n) is 7.06. The summed E-state index contributed by atoms with van der Waals surface area (Å²) in [6.07, 6.45) is 8.45. The van der Waals surface area contributed by atoms with Crippen LogP contribution in [-0.2, 0) is 4.74 Å². The van der Waals surface area contributed by atoms with Gasteiger partial charge in [-0.05, 0) is 57.4 Å². The van der Waals surface area contributed by atoms with Gasteiger partial charge in [-0.15, -0.1) is 0 Å². The fourth-order valence-corrected chi connectivity index (χ4v) is 3.65. The molecule has 0 aliphatic heterocycles. The smallest absolute Gasteiger partial charge is 0.0628 e. The summed E-state index contributed by atoms with van der Waals surface area (Å²) < 4.78 is 5.96. The molecule has 0 aromatic heterocycles. The second kappa shape index (κ2) is 8.26. The maximum atomic E-state index is 5.96. The molecular weight excluding hydrogens is 234 g/mol. The lowest BCUT2D eigenvalue weighted by Crippen LogP contribution is -2.48. The van der Waals surface area contributed by atoms with Gasteiger partial charge in [-0.25, -0.2) is 0 Å². The lowest BCUT2D eigenvalue weighted by molar-refractivity contribution is 0.0169. The lowest BCUT2D eigenvalue weighted by Gasteiger charge is -2.40. The Morgan fingerprint density at radius 1 is 1.11 bits per heavy atom. The number of hydrogen-bond donors (Lipinski definition) is 1. The van der Waals surface area contributed by atoms with Crippen LogP contribution in [0.5, 0.6) is 0 Å². The van der Waals surface area contributed by atoms with Gasteiger partial charge in [0.25, 0.3) is 0 Å². The van der Waals surface area contributed by atoms with E-state index in [9.17, 15) is 0 Å². The molecule has 2 nitrogen and oxygen atoms in total. The first-order valence-electron chi connectivity index (χ1n) is 8.35. The highest BCUT2D eigenvalue weighted by Gasteiger charge is 2.41. The van der Waals surface area contributed by atoms with Crippen molar-refractivity contribution in [3.63, 3.8) is 0 Å². The van der Waals surface area contributed by atoms with E-state index in [1.54, 1.807) is 0 Å². The molecule has 0 bridgehead atoms. The van der Waals surface area contributed by atoms with Crippen LogP contribution in [0.4, 0.5) is 0 Å². The molecule has 1 fully saturated rings. The van der Waals surface area contributed by atoms with Crippen molar-refractivity contribution in [1.29, 1.82) is 0 Å². The van der Waals surface area contributed by atoms with Gasteiger partial charge in [-0.2, -0.15) is 0 Å². The summed E-state index contributed by atoms with van der Waals surface area (Å²) in [4.78, 5) is 0. The molecule has 0 amide bonds. The molecule has 0 heterocycles. The maximum Gasteiger partial charge on any atom is 0.0628 e. The third-order valence-electron chi connectivity index (χ3n) is 4.39. The van der Waals surface area contributed by atoms with E-state index in [2.05, 4.69) is 39.9 Å². The highest BCUT2D eigenvalue weighted by molar-refractivity contribution is 4.95. The van der Waals surface area contributed by atoms with Gasteiger partial charge in [-0.1, -0.05) is 33.6 Å². The van der Waals surface area contributed by atoms with E-state index in [0.29, 0.717) is 17.6 Å². The standard InChI is InChI=1S/C17H35NO/c1-6-11-18-16(13-19-15(4)5)17(12-14(2)3)9-7-8-10-17/h14-16,18H,6-13H2,1-5H3. The average molecular weight is 269 g/mol. The van der Waals surface area contributed by atoms with Crippen molar-refractivity contribution in [2.75, 3.05) is 13.2 Å². The number of hydrogen-bond acceptors (Lipinski definition) is 2. The highest BCUT2D eigenvalue weighted by atomic mass is 16.5. The molecular formula is C17H35NO. The van der Waals surface area contributed by atoms with Gasteiger partial charge < -0.3 is 10.1 Å². The zero-order valence-electron chi connectivity index (χ0n) is 13.8. The number of ether oxygens (including phenoxy) is 1. The van der Waals surface area contributed by atoms with Gasteiger partial charge in [-0.3, -0.25) is 0 Å². The van der Waals surface area contributed by atoms with Crippen LogP contribution in [0.15, 0.2) is 0 Å². The zero-order chi connectivity index (χ0) is 14.3. The van der Waals surface area contributed by atoms with Gasteiger partial charge in [0.15, 0.2) is 0 Å². The molecule has 1 aliphatic rings. The normalized spacial score (nSPS) is 20.4. The Bertz CT molecular complexity index is 231. The van der Waals surface area contributed by atoms with Crippen LogP contribution in [0.3, 0.4) is 0 Å². The lowest BCUT2D eigenvalue weighted by atomic mass is 9.72. The number of rotatable bonds is 9. The fourth-order valence-electron chi connectivity index (χ4n) is 3.65. The quantitative estimate of drug-likeness (QED) is 0.670. The van der Waals surface area contributed by atoms with E-state index >= 15 is 0 Å². The van der Waals surface area contributed by atoms with Crippen molar-refractivity contribution in [3.05, 3.63) is 0 Å². The van der Waals surface area contributed by atoms with Crippen LogP contribution in [0.2, 0.25) is 0 Å². The fraction of sp³-hybridized carbons (Fsp3) is 1.00. The largest absolute Gasteiger partial charge is 0.377 e. The molecule has 1 rings (SSSR count). The summed E-state index contributed by atoms with van der Waals surface area (Å²) >= 11 is 0. The molecule has 0 spiro atoms. The zero-order valence-corrected chi connectivity index (χ0v) is 13.8. The minimum Gasteiger partial charge on any atom is -0.377 e. The Hall–Kier alpha value is -0.0800. The first-order valence-corrected chi connectivity index (χ1v) is 8.35. The van der Waals surface area contributed by atoms with Crippen molar-refractivity contribution in [2.24, 2.45) is 11.3 Å². The van der Waals surface area contributed by atoms with Gasteiger partial charge in [0.05, 0.1) is 12.7 Å².